The third-order valence-corrected chi connectivity index (χ3v) is 7.45. The Kier molecular flexibility index (Phi) is 8.75. The molecule has 2 aliphatic heterocycles. The van der Waals surface area contributed by atoms with Crippen molar-refractivity contribution in [3.05, 3.63) is 71.0 Å². The second-order valence-electron chi connectivity index (χ2n) is 10.2. The third-order valence-electron chi connectivity index (χ3n) is 6.77. The van der Waals surface area contributed by atoms with Gasteiger partial charge in [-0.15, -0.1) is 0 Å². The second kappa shape index (κ2) is 11.3. The van der Waals surface area contributed by atoms with E-state index >= 15 is 0 Å². The molecule has 0 aliphatic carbocycles. The zero-order valence-corrected chi connectivity index (χ0v) is 24.5. The highest BCUT2D eigenvalue weighted by atomic mass is 127. The number of rotatable bonds is 6. The number of amides is 1. The lowest BCUT2D eigenvalue weighted by Crippen LogP contribution is -2.59. The van der Waals surface area contributed by atoms with Gasteiger partial charge in [0.1, 0.15) is 5.82 Å². The largest absolute Gasteiger partial charge is 0.364 e. The molecule has 0 N–H and O–H groups in total. The molecule has 4 rings (SSSR count). The van der Waals surface area contributed by atoms with E-state index < -0.39 is 13.1 Å². The van der Waals surface area contributed by atoms with Gasteiger partial charge in [0.2, 0.25) is 1.68 Å². The van der Waals surface area contributed by atoms with Crippen LogP contribution in [0.5, 0.6) is 0 Å². The summed E-state index contributed by atoms with van der Waals surface area (Å²) in [7, 11) is 0. The van der Waals surface area contributed by atoms with Crippen LogP contribution in [0.15, 0.2) is 48.5 Å². The highest BCUT2D eigenvalue weighted by Gasteiger charge is 2.45. The highest BCUT2D eigenvalue weighted by molar-refractivity contribution is 14.2. The number of benzene rings is 2. The van der Waals surface area contributed by atoms with Crippen molar-refractivity contribution in [2.45, 2.75) is 46.5 Å². The van der Waals surface area contributed by atoms with E-state index in [2.05, 4.69) is 18.7 Å². The summed E-state index contributed by atoms with van der Waals surface area (Å²) in [4.78, 5) is 17.0. The van der Waals surface area contributed by atoms with Crippen LogP contribution in [0.4, 0.5) is 8.78 Å². The highest BCUT2D eigenvalue weighted by Crippen LogP contribution is 2.40. The van der Waals surface area contributed by atoms with Crippen molar-refractivity contribution < 1.29 is 18.3 Å². The van der Waals surface area contributed by atoms with Crippen LogP contribution in [0.3, 0.4) is 0 Å². The molecule has 1 amide bonds. The molecule has 8 heteroatoms. The molecule has 4 nitrogen and oxygen atoms in total. The molecule has 2 aromatic rings. The number of nitrogens with zero attached hydrogens (tertiary/aromatic N) is 2. The number of likely N-dealkylation sites (tertiary alicyclic amines) is 1. The van der Waals surface area contributed by atoms with Gasteiger partial charge < -0.3 is 9.64 Å². The number of ether oxygens (including phenoxy) is 1. The number of morpholine rings is 1. The topological polar surface area (TPSA) is 32.8 Å². The minimum Gasteiger partial charge on any atom is -0.364 e. The number of halogens is 4. The standard InChI is InChI=1S/C27H32F2I2N2O2/c1-19(2)14-20-8-9-22(23(28)15-20)25(34)33-12-10-26(11-13-33)17-32(18-27(29,30)31)16-24(35-26)21-6-4-3-5-7-21/h3-9,15,19,24H,10-14,16-18H2,1-2H3. The first-order valence-corrected chi connectivity index (χ1v) is 14.3. The van der Waals surface area contributed by atoms with Crippen LogP contribution in [-0.2, 0) is 11.2 Å². The Hall–Kier alpha value is -0.850. The summed E-state index contributed by atoms with van der Waals surface area (Å²) in [5.74, 6) is -0.310. The molecule has 0 aromatic heterocycles. The van der Waals surface area contributed by atoms with Crippen LogP contribution in [0.1, 0.15) is 54.3 Å². The lowest BCUT2D eigenvalue weighted by Gasteiger charge is -2.50. The molecule has 0 saturated carbocycles. The van der Waals surface area contributed by atoms with E-state index in [4.69, 9.17) is 4.74 Å². The summed E-state index contributed by atoms with van der Waals surface area (Å²) in [6.07, 6.45) is 1.89. The molecule has 2 aromatic carbocycles. The van der Waals surface area contributed by atoms with E-state index in [1.807, 2.05) is 81.6 Å². The molecule has 0 bridgehead atoms. The van der Waals surface area contributed by atoms with Crippen molar-refractivity contribution in [2.24, 2.45) is 5.92 Å². The molecule has 1 unspecified atom stereocenters. The molecular weight excluding hydrogens is 676 g/mol. The SMILES string of the molecule is CC(C)Cc1ccc(C(=O)N2CCC3(CC2)CN(CC(F)(I)I)CC(c2ccccc2)O3)c(F)c1. The Labute approximate surface area is 234 Å². The molecule has 1 spiro atoms. The van der Waals surface area contributed by atoms with E-state index in [0.717, 1.165) is 17.5 Å². The fourth-order valence-corrected chi connectivity index (χ4v) is 6.16. The van der Waals surface area contributed by atoms with Crippen molar-refractivity contribution >= 4 is 51.1 Å². The maximum Gasteiger partial charge on any atom is 0.256 e. The number of piperidine rings is 1. The number of alkyl halides is 3. The molecular formula is C27H32F2I2N2O2. The smallest absolute Gasteiger partial charge is 0.256 e. The molecule has 0 radical (unpaired) electrons. The predicted octanol–water partition coefficient (Wildman–Crippen LogP) is 6.57. The van der Waals surface area contributed by atoms with E-state index in [0.29, 0.717) is 51.5 Å². The summed E-state index contributed by atoms with van der Waals surface area (Å²) in [5, 5.41) is 0. The van der Waals surface area contributed by atoms with Gasteiger partial charge in [-0.3, -0.25) is 9.69 Å². The average Bonchev–Trinajstić information content (AvgIpc) is 2.78. The van der Waals surface area contributed by atoms with Gasteiger partial charge in [0.05, 0.1) is 23.8 Å². The second-order valence-corrected chi connectivity index (χ2v) is 15.7. The molecule has 2 saturated heterocycles. The zero-order chi connectivity index (χ0) is 25.2. The Bertz CT molecular complexity index is 1020. The van der Waals surface area contributed by atoms with Crippen molar-refractivity contribution in [2.75, 3.05) is 32.7 Å². The number of carbonyl (C=O) groups excluding carboxylic acids is 1. The third kappa shape index (κ3) is 7.13. The predicted molar refractivity (Wildman–Crippen MR) is 151 cm³/mol. The first-order chi connectivity index (χ1) is 16.5. The van der Waals surface area contributed by atoms with Gasteiger partial charge in [-0.1, -0.05) is 50.2 Å². The van der Waals surface area contributed by atoms with Crippen LogP contribution >= 0.6 is 45.2 Å². The first-order valence-electron chi connectivity index (χ1n) is 12.1. The van der Waals surface area contributed by atoms with Gasteiger partial charge in [0.15, 0.2) is 0 Å². The van der Waals surface area contributed by atoms with Crippen molar-refractivity contribution in [1.29, 1.82) is 0 Å². The molecule has 2 fully saturated rings. The summed E-state index contributed by atoms with van der Waals surface area (Å²) >= 11 is 3.68. The molecule has 35 heavy (non-hydrogen) atoms. The molecule has 2 heterocycles. The summed E-state index contributed by atoms with van der Waals surface area (Å²) in [5.41, 5.74) is 1.64. The molecule has 1 atom stereocenters. The normalized spacial score (nSPS) is 21.0. The maximum absolute atomic E-state index is 14.8. The van der Waals surface area contributed by atoms with Gasteiger partial charge in [0, 0.05) is 26.2 Å². The van der Waals surface area contributed by atoms with Crippen LogP contribution < -0.4 is 0 Å². The quantitative estimate of drug-likeness (QED) is 0.252. The minimum absolute atomic E-state index is 0.124. The fraction of sp³-hybridized carbons (Fsp3) is 0.519. The van der Waals surface area contributed by atoms with Gasteiger partial charge >= 0.3 is 0 Å². The van der Waals surface area contributed by atoms with Crippen LogP contribution in [-0.4, -0.2) is 55.7 Å². The van der Waals surface area contributed by atoms with Crippen LogP contribution in [0.2, 0.25) is 0 Å². The van der Waals surface area contributed by atoms with E-state index in [1.165, 1.54) is 6.07 Å². The number of hydrogen-bond acceptors (Lipinski definition) is 3. The van der Waals surface area contributed by atoms with Gasteiger partial charge in [0.25, 0.3) is 5.91 Å². The fourth-order valence-electron chi connectivity index (χ4n) is 5.19. The van der Waals surface area contributed by atoms with Gasteiger partial charge in [-0.2, -0.15) is 0 Å². The lowest BCUT2D eigenvalue weighted by atomic mass is 9.87. The Morgan fingerprint density at radius 1 is 1.17 bits per heavy atom. The van der Waals surface area contributed by atoms with Gasteiger partial charge in [-0.05, 0) is 93.6 Å². The Morgan fingerprint density at radius 3 is 2.46 bits per heavy atom. The summed E-state index contributed by atoms with van der Waals surface area (Å²) < 4.78 is 34.6. The molecule has 190 valence electrons. The maximum atomic E-state index is 14.8. The Morgan fingerprint density at radius 2 is 1.86 bits per heavy atom. The van der Waals surface area contributed by atoms with E-state index in [9.17, 15) is 13.6 Å². The number of hydrogen-bond donors (Lipinski definition) is 0. The van der Waals surface area contributed by atoms with E-state index in [-0.39, 0.29) is 17.6 Å². The van der Waals surface area contributed by atoms with Crippen molar-refractivity contribution in [1.82, 2.24) is 9.80 Å². The summed E-state index contributed by atoms with van der Waals surface area (Å²) in [6.45, 7) is 6.69. The number of carbonyl (C=O) groups is 1. The van der Waals surface area contributed by atoms with E-state index in [1.54, 1.807) is 11.0 Å². The zero-order valence-electron chi connectivity index (χ0n) is 20.2. The van der Waals surface area contributed by atoms with Crippen LogP contribution in [0, 0.1) is 11.7 Å². The van der Waals surface area contributed by atoms with Crippen LogP contribution in [0.25, 0.3) is 0 Å². The van der Waals surface area contributed by atoms with Gasteiger partial charge in [-0.25, -0.2) is 8.78 Å². The molecule has 2 aliphatic rings. The Balaban J connectivity index is 1.47. The van der Waals surface area contributed by atoms with Crippen molar-refractivity contribution in [3.63, 3.8) is 0 Å². The average molecular weight is 708 g/mol. The monoisotopic (exact) mass is 708 g/mol. The minimum atomic E-state index is -1.37. The van der Waals surface area contributed by atoms with Crippen molar-refractivity contribution in [3.8, 4) is 0 Å². The first kappa shape index (κ1) is 27.2. The lowest BCUT2D eigenvalue weighted by molar-refractivity contribution is -0.176. The summed E-state index contributed by atoms with van der Waals surface area (Å²) in [6, 6.07) is 15.0.